The van der Waals surface area contributed by atoms with Gasteiger partial charge in [-0.05, 0) is 37.4 Å². The maximum Gasteiger partial charge on any atom is 0.222 e. The van der Waals surface area contributed by atoms with E-state index in [1.54, 1.807) is 0 Å². The normalized spacial score (nSPS) is 28.2. The first-order valence-corrected chi connectivity index (χ1v) is 8.29. The van der Waals surface area contributed by atoms with Crippen LogP contribution in [-0.4, -0.2) is 42.9 Å². The maximum absolute atomic E-state index is 12.3. The van der Waals surface area contributed by atoms with Crippen LogP contribution < -0.4 is 0 Å². The number of nitrogens with zero attached hydrogens (tertiary/aromatic N) is 1. The van der Waals surface area contributed by atoms with Crippen LogP contribution in [-0.2, 0) is 9.53 Å². The largest absolute Gasteiger partial charge is 0.381 e. The third kappa shape index (κ3) is 3.88. The maximum atomic E-state index is 12.3. The number of amides is 1. The number of hydrogen-bond acceptors (Lipinski definition) is 3. The highest BCUT2D eigenvalue weighted by Crippen LogP contribution is 2.34. The van der Waals surface area contributed by atoms with Crippen LogP contribution >= 0.6 is 12.6 Å². The molecule has 3 nitrogen and oxygen atoms in total. The zero-order valence-electron chi connectivity index (χ0n) is 12.1. The molecule has 0 aliphatic carbocycles. The Morgan fingerprint density at radius 1 is 1.37 bits per heavy atom. The molecule has 0 spiro atoms. The van der Waals surface area contributed by atoms with Crippen molar-refractivity contribution in [2.75, 3.05) is 32.1 Å². The highest BCUT2D eigenvalue weighted by Gasteiger charge is 2.35. The molecule has 0 saturated carbocycles. The molecule has 0 radical (unpaired) electrons. The Kier molecular flexibility index (Phi) is 5.58. The van der Waals surface area contributed by atoms with Crippen LogP contribution in [0.15, 0.2) is 0 Å². The number of likely N-dealkylation sites (tertiary alicyclic amines) is 1. The van der Waals surface area contributed by atoms with E-state index in [0.717, 1.165) is 63.7 Å². The summed E-state index contributed by atoms with van der Waals surface area (Å²) in [6, 6.07) is 0. The molecule has 2 heterocycles. The molecule has 0 bridgehead atoms. The first kappa shape index (κ1) is 15.2. The van der Waals surface area contributed by atoms with Crippen LogP contribution in [0.5, 0.6) is 0 Å². The second-order valence-corrected chi connectivity index (χ2v) is 6.50. The molecule has 0 aromatic rings. The lowest BCUT2D eigenvalue weighted by Crippen LogP contribution is -2.45. The van der Waals surface area contributed by atoms with Gasteiger partial charge in [-0.2, -0.15) is 12.6 Å². The fourth-order valence-corrected chi connectivity index (χ4v) is 3.66. The Bertz CT molecular complexity index is 303. The van der Waals surface area contributed by atoms with Gasteiger partial charge < -0.3 is 9.64 Å². The number of carbonyl (C=O) groups is 1. The topological polar surface area (TPSA) is 29.5 Å². The fraction of sp³-hybridized carbons (Fsp3) is 0.933. The van der Waals surface area contributed by atoms with Crippen LogP contribution in [0.1, 0.15) is 45.4 Å². The van der Waals surface area contributed by atoms with Crippen LogP contribution in [0.2, 0.25) is 0 Å². The average Bonchev–Trinajstić information content (AvgIpc) is 2.63. The lowest BCUT2D eigenvalue weighted by molar-refractivity contribution is -0.133. The molecule has 1 atom stereocenters. The van der Waals surface area contributed by atoms with E-state index < -0.39 is 0 Å². The second kappa shape index (κ2) is 6.98. The van der Waals surface area contributed by atoms with Crippen molar-refractivity contribution < 1.29 is 9.53 Å². The van der Waals surface area contributed by atoms with E-state index in [2.05, 4.69) is 24.5 Å². The van der Waals surface area contributed by atoms with Gasteiger partial charge in [0.05, 0.1) is 0 Å². The zero-order chi connectivity index (χ0) is 13.7. The SMILES string of the molecule is CCC1CCC(=O)N(CC2(CS)CCOCC2)CC1. The van der Waals surface area contributed by atoms with Crippen LogP contribution in [0, 0.1) is 11.3 Å². The minimum Gasteiger partial charge on any atom is -0.381 e. The van der Waals surface area contributed by atoms with Crippen molar-refractivity contribution in [3.05, 3.63) is 0 Å². The first-order chi connectivity index (χ1) is 9.19. The Labute approximate surface area is 122 Å². The zero-order valence-corrected chi connectivity index (χ0v) is 13.0. The summed E-state index contributed by atoms with van der Waals surface area (Å²) in [4.78, 5) is 14.4. The van der Waals surface area contributed by atoms with Crippen LogP contribution in [0.25, 0.3) is 0 Å². The predicted molar refractivity (Wildman–Crippen MR) is 80.6 cm³/mol. The predicted octanol–water partition coefficient (Wildman–Crippen LogP) is 2.75. The summed E-state index contributed by atoms with van der Waals surface area (Å²) in [7, 11) is 0. The number of thiol groups is 1. The third-order valence-electron chi connectivity index (χ3n) is 4.92. The van der Waals surface area contributed by atoms with E-state index in [1.807, 2.05) is 0 Å². The van der Waals surface area contributed by atoms with Gasteiger partial charge in [0.25, 0.3) is 0 Å². The molecular formula is C15H27NO2S. The van der Waals surface area contributed by atoms with Crippen molar-refractivity contribution in [3.63, 3.8) is 0 Å². The Balaban J connectivity index is 1.97. The minimum absolute atomic E-state index is 0.184. The van der Waals surface area contributed by atoms with E-state index in [0.29, 0.717) is 5.91 Å². The molecule has 2 aliphatic heterocycles. The van der Waals surface area contributed by atoms with Crippen molar-refractivity contribution in [3.8, 4) is 0 Å². The van der Waals surface area contributed by atoms with Gasteiger partial charge in [-0.1, -0.05) is 13.3 Å². The monoisotopic (exact) mass is 285 g/mol. The van der Waals surface area contributed by atoms with Gasteiger partial charge in [0.1, 0.15) is 0 Å². The lowest BCUT2D eigenvalue weighted by atomic mass is 9.81. The van der Waals surface area contributed by atoms with Gasteiger partial charge >= 0.3 is 0 Å². The van der Waals surface area contributed by atoms with E-state index in [1.165, 1.54) is 12.8 Å². The molecule has 1 unspecified atom stereocenters. The summed E-state index contributed by atoms with van der Waals surface area (Å²) >= 11 is 4.55. The van der Waals surface area contributed by atoms with E-state index in [4.69, 9.17) is 4.74 Å². The highest BCUT2D eigenvalue weighted by atomic mass is 32.1. The van der Waals surface area contributed by atoms with E-state index >= 15 is 0 Å². The molecule has 2 saturated heterocycles. The van der Waals surface area contributed by atoms with Crippen molar-refractivity contribution in [2.24, 2.45) is 11.3 Å². The quantitative estimate of drug-likeness (QED) is 0.805. The van der Waals surface area contributed by atoms with E-state index in [-0.39, 0.29) is 5.41 Å². The molecule has 4 heteroatoms. The van der Waals surface area contributed by atoms with Gasteiger partial charge in [0.2, 0.25) is 5.91 Å². The number of ether oxygens (including phenoxy) is 1. The second-order valence-electron chi connectivity index (χ2n) is 6.19. The fourth-order valence-electron chi connectivity index (χ4n) is 3.24. The summed E-state index contributed by atoms with van der Waals surface area (Å²) in [5, 5.41) is 0. The molecule has 0 N–H and O–H groups in total. The van der Waals surface area contributed by atoms with Gasteiger partial charge in [-0.25, -0.2) is 0 Å². The summed E-state index contributed by atoms with van der Waals surface area (Å²) in [6.45, 7) is 5.70. The number of carbonyl (C=O) groups excluding carboxylic acids is 1. The van der Waals surface area contributed by atoms with Crippen LogP contribution in [0.4, 0.5) is 0 Å². The molecule has 1 amide bonds. The number of hydrogen-bond donors (Lipinski definition) is 1. The van der Waals surface area contributed by atoms with Crippen molar-refractivity contribution in [2.45, 2.75) is 45.4 Å². The van der Waals surface area contributed by atoms with Gasteiger partial charge in [0.15, 0.2) is 0 Å². The summed E-state index contributed by atoms with van der Waals surface area (Å²) in [5.74, 6) is 1.94. The van der Waals surface area contributed by atoms with Crippen molar-refractivity contribution in [1.82, 2.24) is 4.90 Å². The van der Waals surface area contributed by atoms with Crippen molar-refractivity contribution in [1.29, 1.82) is 0 Å². The molecule has 2 fully saturated rings. The standard InChI is InChI=1S/C15H27NO2S/c1-2-13-3-4-14(17)16(8-5-13)11-15(12-19)6-9-18-10-7-15/h13,19H,2-12H2,1H3. The molecule has 0 aromatic heterocycles. The number of rotatable bonds is 4. The molecule has 2 rings (SSSR count). The average molecular weight is 285 g/mol. The first-order valence-electron chi connectivity index (χ1n) is 7.65. The molecule has 0 aromatic carbocycles. The Morgan fingerprint density at radius 2 is 2.11 bits per heavy atom. The van der Waals surface area contributed by atoms with Gasteiger partial charge in [0, 0.05) is 38.1 Å². The van der Waals surface area contributed by atoms with Crippen LogP contribution in [0.3, 0.4) is 0 Å². The third-order valence-corrected chi connectivity index (χ3v) is 5.59. The minimum atomic E-state index is 0.184. The van der Waals surface area contributed by atoms with Crippen molar-refractivity contribution >= 4 is 18.5 Å². The lowest BCUT2D eigenvalue weighted by Gasteiger charge is -2.40. The summed E-state index contributed by atoms with van der Waals surface area (Å²) in [6.07, 6.45) is 6.25. The summed E-state index contributed by atoms with van der Waals surface area (Å²) < 4.78 is 5.46. The van der Waals surface area contributed by atoms with Gasteiger partial charge in [-0.15, -0.1) is 0 Å². The highest BCUT2D eigenvalue weighted by molar-refractivity contribution is 7.80. The Hall–Kier alpha value is -0.220. The molecule has 19 heavy (non-hydrogen) atoms. The molecule has 110 valence electrons. The summed E-state index contributed by atoms with van der Waals surface area (Å²) in [5.41, 5.74) is 0.184. The van der Waals surface area contributed by atoms with Gasteiger partial charge in [-0.3, -0.25) is 4.79 Å². The molecular weight excluding hydrogens is 258 g/mol. The molecule has 2 aliphatic rings. The van der Waals surface area contributed by atoms with E-state index in [9.17, 15) is 4.79 Å². The Morgan fingerprint density at radius 3 is 2.74 bits per heavy atom. The smallest absolute Gasteiger partial charge is 0.222 e.